The summed E-state index contributed by atoms with van der Waals surface area (Å²) in [6.07, 6.45) is 0. The van der Waals surface area contributed by atoms with E-state index in [1.165, 1.54) is 0 Å². The Morgan fingerprint density at radius 2 is 0.941 bits per heavy atom. The van der Waals surface area contributed by atoms with Gasteiger partial charge in [-0.1, -0.05) is 13.8 Å². The highest BCUT2D eigenvalue weighted by Crippen LogP contribution is 2.12. The highest BCUT2D eigenvalue weighted by molar-refractivity contribution is 5.45. The molecule has 0 spiro atoms. The molecule has 0 aromatic carbocycles. The van der Waals surface area contributed by atoms with Crippen molar-refractivity contribution in [2.45, 2.75) is 13.8 Å². The molecule has 0 aliphatic carbocycles. The molecule has 9 heteroatoms. The van der Waals surface area contributed by atoms with Gasteiger partial charge in [-0.15, -0.1) is 15.0 Å². The maximum Gasteiger partial charge on any atom is 0.333 e. The number of nitrogens with zero attached hydrogens (tertiary/aromatic N) is 3. The Labute approximate surface area is 95.7 Å². The van der Waals surface area contributed by atoms with E-state index in [-0.39, 0.29) is 19.4 Å². The van der Waals surface area contributed by atoms with E-state index >= 15 is 0 Å². The van der Waals surface area contributed by atoms with Crippen molar-refractivity contribution in [3.8, 4) is 18.0 Å². The fourth-order valence-corrected chi connectivity index (χ4v) is 0.608. The van der Waals surface area contributed by atoms with Crippen molar-refractivity contribution in [2.75, 3.05) is 0 Å². The van der Waals surface area contributed by atoms with Gasteiger partial charge in [0, 0.05) is 0 Å². The summed E-state index contributed by atoms with van der Waals surface area (Å²) in [4.78, 5) is 40.0. The molecule has 1 rings (SSSR count). The van der Waals surface area contributed by atoms with E-state index in [1.54, 1.807) is 0 Å². The average Bonchev–Trinajstić information content (AvgIpc) is 2.33. The molecule has 92 valence electrons. The third-order valence-corrected chi connectivity index (χ3v) is 1.03. The summed E-state index contributed by atoms with van der Waals surface area (Å²) >= 11 is 0. The quantitative estimate of drug-likeness (QED) is 0.609. The van der Waals surface area contributed by atoms with E-state index in [4.69, 9.17) is 0 Å². The highest BCUT2D eigenvalue weighted by atomic mass is 16.6. The van der Waals surface area contributed by atoms with Gasteiger partial charge in [0.25, 0.3) is 0 Å². The first-order valence-corrected chi connectivity index (χ1v) is 4.37. The third kappa shape index (κ3) is 5.16. The molecule has 0 unspecified atom stereocenters. The lowest BCUT2D eigenvalue weighted by molar-refractivity contribution is -0.121. The minimum absolute atomic E-state index is 0.0463. The van der Waals surface area contributed by atoms with Gasteiger partial charge in [0.2, 0.25) is 0 Å². The molecule has 9 nitrogen and oxygen atoms in total. The van der Waals surface area contributed by atoms with Crippen LogP contribution in [0.3, 0.4) is 0 Å². The standard InChI is InChI=1S/C6H3N3O6.C2H6/c10-1-13-4-7-5(14-2-11)9-6(8-4)15-3-12;1-2/h1-3H;1-2H3. The fourth-order valence-electron chi connectivity index (χ4n) is 0.608. The lowest BCUT2D eigenvalue weighted by Gasteiger charge is -2.00. The predicted octanol–water partition coefficient (Wildman–Crippen LogP) is -0.497. The van der Waals surface area contributed by atoms with Crippen molar-refractivity contribution in [1.29, 1.82) is 0 Å². The summed E-state index contributed by atoms with van der Waals surface area (Å²) in [5, 5.41) is 0. The number of aromatic nitrogens is 3. The first-order valence-electron chi connectivity index (χ1n) is 4.37. The molecule has 0 fully saturated rings. The van der Waals surface area contributed by atoms with Crippen molar-refractivity contribution in [3.05, 3.63) is 0 Å². The first kappa shape index (κ1) is 14.4. The molecule has 0 N–H and O–H groups in total. The van der Waals surface area contributed by atoms with E-state index in [0.29, 0.717) is 0 Å². The molecule has 0 saturated carbocycles. The zero-order chi connectivity index (χ0) is 13.1. The van der Waals surface area contributed by atoms with Crippen LogP contribution in [0, 0.1) is 0 Å². The molecule has 0 aliphatic heterocycles. The molecule has 0 aliphatic rings. The highest BCUT2D eigenvalue weighted by Gasteiger charge is 2.09. The van der Waals surface area contributed by atoms with E-state index < -0.39 is 18.0 Å². The molecule has 1 aromatic rings. The number of carbonyl (C=O) groups excluding carboxylic acids is 3. The molecule has 1 heterocycles. The van der Waals surface area contributed by atoms with Crippen molar-refractivity contribution in [3.63, 3.8) is 0 Å². The summed E-state index contributed by atoms with van der Waals surface area (Å²) in [6, 6.07) is -1.39. The van der Waals surface area contributed by atoms with Crippen molar-refractivity contribution >= 4 is 19.4 Å². The van der Waals surface area contributed by atoms with E-state index in [9.17, 15) is 14.4 Å². The molecule has 17 heavy (non-hydrogen) atoms. The number of ether oxygens (including phenoxy) is 3. The van der Waals surface area contributed by atoms with E-state index in [0.717, 1.165) is 0 Å². The first-order chi connectivity index (χ1) is 8.30. The molecule has 0 atom stereocenters. The van der Waals surface area contributed by atoms with Crippen LogP contribution in [0.5, 0.6) is 18.0 Å². The largest absolute Gasteiger partial charge is 0.393 e. The summed E-state index contributed by atoms with van der Waals surface area (Å²) in [5.41, 5.74) is 0. The number of rotatable bonds is 6. The van der Waals surface area contributed by atoms with E-state index in [1.807, 2.05) is 13.8 Å². The number of hydrogen-bond donors (Lipinski definition) is 0. The van der Waals surface area contributed by atoms with Crippen molar-refractivity contribution in [1.82, 2.24) is 15.0 Å². The van der Waals surface area contributed by atoms with Gasteiger partial charge in [-0.25, -0.2) is 0 Å². The second kappa shape index (κ2) is 8.71. The van der Waals surface area contributed by atoms with Gasteiger partial charge in [0.1, 0.15) is 0 Å². The molecule has 0 radical (unpaired) electrons. The average molecular weight is 243 g/mol. The minimum atomic E-state index is -0.464. The summed E-state index contributed by atoms with van der Waals surface area (Å²) in [6.45, 7) is 4.14. The van der Waals surface area contributed by atoms with Gasteiger partial charge in [-0.05, 0) is 0 Å². The lowest BCUT2D eigenvalue weighted by Crippen LogP contribution is -2.04. The second-order valence-corrected chi connectivity index (χ2v) is 1.83. The van der Waals surface area contributed by atoms with Gasteiger partial charge in [0.05, 0.1) is 0 Å². The van der Waals surface area contributed by atoms with Gasteiger partial charge < -0.3 is 14.2 Å². The normalized spacial score (nSPS) is 8.12. The smallest absolute Gasteiger partial charge is 0.333 e. The Bertz CT molecular complexity index is 314. The van der Waals surface area contributed by atoms with E-state index in [2.05, 4.69) is 29.2 Å². The third-order valence-electron chi connectivity index (χ3n) is 1.03. The van der Waals surface area contributed by atoms with Crippen LogP contribution in [0.2, 0.25) is 0 Å². The Hall–Kier alpha value is -2.58. The number of carbonyl (C=O) groups is 3. The van der Waals surface area contributed by atoms with Crippen LogP contribution in [-0.4, -0.2) is 34.4 Å². The van der Waals surface area contributed by atoms with Crippen LogP contribution in [0.4, 0.5) is 0 Å². The fraction of sp³-hybridized carbons (Fsp3) is 0.250. The zero-order valence-electron chi connectivity index (χ0n) is 9.02. The summed E-state index contributed by atoms with van der Waals surface area (Å²) < 4.78 is 12.7. The predicted molar refractivity (Wildman–Crippen MR) is 51.3 cm³/mol. The molecular weight excluding hydrogens is 234 g/mol. The van der Waals surface area contributed by atoms with Gasteiger partial charge >= 0.3 is 37.4 Å². The molecule has 1 aromatic heterocycles. The van der Waals surface area contributed by atoms with Gasteiger partial charge in [-0.3, -0.25) is 14.4 Å². The lowest BCUT2D eigenvalue weighted by atomic mass is 10.9. The topological polar surface area (TPSA) is 118 Å². The second-order valence-electron chi connectivity index (χ2n) is 1.83. The Balaban J connectivity index is 0.00000121. The Morgan fingerprint density at radius 3 is 1.12 bits per heavy atom. The summed E-state index contributed by atoms with van der Waals surface area (Å²) in [5.74, 6) is 0. The molecule has 0 saturated heterocycles. The van der Waals surface area contributed by atoms with Crippen LogP contribution in [0.25, 0.3) is 0 Å². The SMILES string of the molecule is CC.O=COc1nc(OC=O)nc(OC=O)n1. The van der Waals surface area contributed by atoms with Crippen LogP contribution < -0.4 is 14.2 Å². The van der Waals surface area contributed by atoms with Crippen LogP contribution in [0.15, 0.2) is 0 Å². The number of hydrogen-bond acceptors (Lipinski definition) is 9. The molecular formula is C8H9N3O6. The maximum atomic E-state index is 9.97. The maximum absolute atomic E-state index is 9.97. The minimum Gasteiger partial charge on any atom is -0.393 e. The Kier molecular flexibility index (Phi) is 7.38. The van der Waals surface area contributed by atoms with Crippen LogP contribution in [0.1, 0.15) is 13.8 Å². The van der Waals surface area contributed by atoms with Crippen LogP contribution in [-0.2, 0) is 14.4 Å². The van der Waals surface area contributed by atoms with Crippen molar-refractivity contribution in [2.24, 2.45) is 0 Å². The van der Waals surface area contributed by atoms with Gasteiger partial charge in [-0.2, -0.15) is 0 Å². The molecule has 0 bridgehead atoms. The molecule has 0 amide bonds. The van der Waals surface area contributed by atoms with Crippen LogP contribution >= 0.6 is 0 Å². The zero-order valence-corrected chi connectivity index (χ0v) is 9.02. The Morgan fingerprint density at radius 1 is 0.706 bits per heavy atom. The summed E-state index contributed by atoms with van der Waals surface area (Å²) in [7, 11) is 0. The van der Waals surface area contributed by atoms with Crippen molar-refractivity contribution < 1.29 is 28.6 Å². The monoisotopic (exact) mass is 243 g/mol. The van der Waals surface area contributed by atoms with Gasteiger partial charge in [0.15, 0.2) is 0 Å².